The fraction of sp³-hybridized carbons (Fsp3) is 0.143. The van der Waals surface area contributed by atoms with Gasteiger partial charge in [-0.1, -0.05) is 26.0 Å². The van der Waals surface area contributed by atoms with Crippen molar-refractivity contribution < 1.29 is 14.0 Å². The molecule has 27 heavy (non-hydrogen) atoms. The number of amides is 1. The summed E-state index contributed by atoms with van der Waals surface area (Å²) in [7, 11) is 0. The number of H-pyrrole nitrogens is 1. The van der Waals surface area contributed by atoms with E-state index in [0.717, 1.165) is 16.3 Å². The number of para-hydroxylation sites is 1. The van der Waals surface area contributed by atoms with Gasteiger partial charge in [-0.05, 0) is 36.4 Å². The second-order valence-corrected chi connectivity index (χ2v) is 5.87. The molecule has 0 aliphatic carbocycles. The van der Waals surface area contributed by atoms with Gasteiger partial charge in [-0.25, -0.2) is 0 Å². The molecule has 2 aromatic heterocycles. The molecule has 0 aliphatic rings. The fourth-order valence-corrected chi connectivity index (χ4v) is 2.80. The molecule has 0 saturated carbocycles. The van der Waals surface area contributed by atoms with E-state index in [1.807, 2.05) is 26.0 Å². The molecule has 0 bridgehead atoms. The van der Waals surface area contributed by atoms with E-state index >= 15 is 0 Å². The second-order valence-electron chi connectivity index (χ2n) is 5.87. The van der Waals surface area contributed by atoms with Crippen molar-refractivity contribution in [2.75, 3.05) is 11.1 Å². The molecule has 1 amide bonds. The first kappa shape index (κ1) is 18.3. The van der Waals surface area contributed by atoms with E-state index in [-0.39, 0.29) is 11.7 Å². The van der Waals surface area contributed by atoms with Crippen molar-refractivity contribution in [2.45, 2.75) is 20.8 Å². The smallest absolute Gasteiger partial charge is 0.272 e. The predicted octanol–water partition coefficient (Wildman–Crippen LogP) is 4.98. The topological polar surface area (TPSA) is 101 Å². The molecule has 0 fully saturated rings. The number of ketones is 1. The molecule has 6 heteroatoms. The highest BCUT2D eigenvalue weighted by atomic mass is 16.3. The van der Waals surface area contributed by atoms with Crippen LogP contribution in [0.25, 0.3) is 21.9 Å². The van der Waals surface area contributed by atoms with Crippen LogP contribution in [0.5, 0.6) is 0 Å². The van der Waals surface area contributed by atoms with E-state index in [2.05, 4.69) is 10.3 Å². The van der Waals surface area contributed by atoms with E-state index in [1.165, 1.54) is 6.92 Å². The van der Waals surface area contributed by atoms with E-state index in [0.29, 0.717) is 28.4 Å². The van der Waals surface area contributed by atoms with Crippen molar-refractivity contribution in [1.82, 2.24) is 4.98 Å². The molecule has 0 saturated heterocycles. The Kier molecular flexibility index (Phi) is 4.98. The van der Waals surface area contributed by atoms with Gasteiger partial charge in [-0.2, -0.15) is 0 Å². The zero-order valence-electron chi connectivity index (χ0n) is 15.4. The summed E-state index contributed by atoms with van der Waals surface area (Å²) in [6.07, 6.45) is 0. The van der Waals surface area contributed by atoms with Crippen LogP contribution in [0, 0.1) is 0 Å². The molecule has 0 spiro atoms. The van der Waals surface area contributed by atoms with Crippen LogP contribution in [0.4, 0.5) is 11.4 Å². The summed E-state index contributed by atoms with van der Waals surface area (Å²) in [5, 5.41) is 4.46. The number of hydrogen-bond donors (Lipinski definition) is 3. The molecule has 4 aromatic rings. The van der Waals surface area contributed by atoms with E-state index < -0.39 is 0 Å². The molecule has 4 N–H and O–H groups in total. The Morgan fingerprint density at radius 1 is 1.04 bits per heavy atom. The van der Waals surface area contributed by atoms with Crippen molar-refractivity contribution in [2.24, 2.45) is 0 Å². The minimum absolute atomic E-state index is 0.141. The molecule has 2 heterocycles. The SMILES string of the molecule is CC.CC(=O)c1cc2cc(NC(=O)c3cc4cccc(N)c4[nH]3)ccc2o1. The maximum atomic E-state index is 12.5. The molecule has 138 valence electrons. The Morgan fingerprint density at radius 2 is 1.81 bits per heavy atom. The second kappa shape index (κ2) is 7.37. The van der Waals surface area contributed by atoms with Crippen LogP contribution in [0.3, 0.4) is 0 Å². The van der Waals surface area contributed by atoms with Crippen molar-refractivity contribution >= 4 is 44.9 Å². The van der Waals surface area contributed by atoms with Gasteiger partial charge in [0.05, 0.1) is 11.2 Å². The van der Waals surface area contributed by atoms with E-state index in [1.54, 1.807) is 36.4 Å². The van der Waals surface area contributed by atoms with Crippen molar-refractivity contribution in [3.8, 4) is 0 Å². The highest BCUT2D eigenvalue weighted by Crippen LogP contribution is 2.25. The van der Waals surface area contributed by atoms with Crippen LogP contribution >= 0.6 is 0 Å². The zero-order valence-corrected chi connectivity index (χ0v) is 15.4. The number of Topliss-reactive ketones (excluding diaryl/α,β-unsaturated/α-hetero) is 1. The predicted molar refractivity (Wildman–Crippen MR) is 108 cm³/mol. The summed E-state index contributed by atoms with van der Waals surface area (Å²) in [4.78, 5) is 26.9. The number of hydrogen-bond acceptors (Lipinski definition) is 4. The van der Waals surface area contributed by atoms with E-state index in [4.69, 9.17) is 10.2 Å². The number of anilines is 2. The lowest BCUT2D eigenvalue weighted by Crippen LogP contribution is -2.12. The van der Waals surface area contributed by atoms with Crippen molar-refractivity contribution in [3.05, 3.63) is 60.0 Å². The Morgan fingerprint density at radius 3 is 2.52 bits per heavy atom. The number of aromatic nitrogens is 1. The highest BCUT2D eigenvalue weighted by Gasteiger charge is 2.13. The first-order valence-corrected chi connectivity index (χ1v) is 8.74. The average Bonchev–Trinajstić information content (AvgIpc) is 3.28. The Balaban J connectivity index is 0.00000102. The minimum atomic E-state index is -0.273. The van der Waals surface area contributed by atoms with Gasteiger partial charge in [0.2, 0.25) is 0 Å². The quantitative estimate of drug-likeness (QED) is 0.353. The fourth-order valence-electron chi connectivity index (χ4n) is 2.80. The van der Waals surface area contributed by atoms with Gasteiger partial charge in [0.1, 0.15) is 11.3 Å². The summed E-state index contributed by atoms with van der Waals surface area (Å²) in [6.45, 7) is 5.45. The van der Waals surface area contributed by atoms with Gasteiger partial charge < -0.3 is 20.5 Å². The molecule has 2 aromatic carbocycles. The van der Waals surface area contributed by atoms with Crippen molar-refractivity contribution in [3.63, 3.8) is 0 Å². The Labute approximate surface area is 156 Å². The number of aromatic amines is 1. The molecule has 6 nitrogen and oxygen atoms in total. The Hall–Kier alpha value is -3.54. The lowest BCUT2D eigenvalue weighted by Gasteiger charge is -2.03. The summed E-state index contributed by atoms with van der Waals surface area (Å²) in [5.74, 6) is -0.118. The molecular weight excluding hydrogens is 342 g/mol. The molecule has 0 aliphatic heterocycles. The number of carbonyl (C=O) groups is 2. The Bertz CT molecular complexity index is 1140. The maximum absolute atomic E-state index is 12.5. The van der Waals surface area contributed by atoms with Gasteiger partial charge in [0, 0.05) is 23.4 Å². The maximum Gasteiger partial charge on any atom is 0.272 e. The van der Waals surface area contributed by atoms with Crippen LogP contribution in [-0.4, -0.2) is 16.7 Å². The van der Waals surface area contributed by atoms with Gasteiger partial charge in [-0.3, -0.25) is 9.59 Å². The van der Waals surface area contributed by atoms with Gasteiger partial charge in [-0.15, -0.1) is 0 Å². The first-order valence-electron chi connectivity index (χ1n) is 8.74. The van der Waals surface area contributed by atoms with Crippen LogP contribution in [0.1, 0.15) is 41.8 Å². The number of nitrogens with two attached hydrogens (primary N) is 1. The standard InChI is InChI=1S/C19H15N3O3.C2H6/c1-10(23)17-9-12-7-13(5-6-16(12)25-17)21-19(24)15-8-11-3-2-4-14(20)18(11)22-15;1-2/h2-9,22H,20H2,1H3,(H,21,24);1-2H3. The van der Waals surface area contributed by atoms with Crippen LogP contribution < -0.4 is 11.1 Å². The number of benzene rings is 2. The monoisotopic (exact) mass is 363 g/mol. The van der Waals surface area contributed by atoms with Gasteiger partial charge in [0.25, 0.3) is 5.91 Å². The lowest BCUT2D eigenvalue weighted by molar-refractivity contribution is 0.0987. The molecule has 0 radical (unpaired) electrons. The van der Waals surface area contributed by atoms with Crippen molar-refractivity contribution in [1.29, 1.82) is 0 Å². The first-order chi connectivity index (χ1) is 13.0. The van der Waals surface area contributed by atoms with Gasteiger partial charge in [0.15, 0.2) is 11.5 Å². The normalized spacial score (nSPS) is 10.5. The number of furan rings is 1. The highest BCUT2D eigenvalue weighted by molar-refractivity contribution is 6.08. The number of rotatable bonds is 3. The molecule has 0 atom stereocenters. The molecule has 0 unspecified atom stereocenters. The van der Waals surface area contributed by atoms with E-state index in [9.17, 15) is 9.59 Å². The summed E-state index contributed by atoms with van der Waals surface area (Å²) in [5.41, 5.74) is 8.87. The summed E-state index contributed by atoms with van der Waals surface area (Å²) in [6, 6.07) is 14.1. The third-order valence-electron chi connectivity index (χ3n) is 4.05. The number of nitrogen functional groups attached to an aromatic ring is 1. The number of carbonyl (C=O) groups excluding carboxylic acids is 2. The zero-order chi connectivity index (χ0) is 19.6. The summed E-state index contributed by atoms with van der Waals surface area (Å²) >= 11 is 0. The van der Waals surface area contributed by atoms with Crippen LogP contribution in [0.2, 0.25) is 0 Å². The number of fused-ring (bicyclic) bond motifs is 2. The third-order valence-corrected chi connectivity index (χ3v) is 4.05. The van der Waals surface area contributed by atoms with Gasteiger partial charge >= 0.3 is 0 Å². The van der Waals surface area contributed by atoms with Crippen LogP contribution in [-0.2, 0) is 0 Å². The third kappa shape index (κ3) is 3.55. The largest absolute Gasteiger partial charge is 0.453 e. The average molecular weight is 363 g/mol. The minimum Gasteiger partial charge on any atom is -0.453 e. The summed E-state index contributed by atoms with van der Waals surface area (Å²) < 4.78 is 5.44. The van der Waals surface area contributed by atoms with Crippen LogP contribution in [0.15, 0.2) is 52.9 Å². The lowest BCUT2D eigenvalue weighted by atomic mass is 10.2. The number of nitrogens with one attached hydrogen (secondary N) is 2. The molecule has 4 rings (SSSR count). The molecular formula is C21H21N3O3.